The first-order valence-electron chi connectivity index (χ1n) is 9.97. The molecule has 0 radical (unpaired) electrons. The molecule has 9 heteroatoms. The third-order valence-electron chi connectivity index (χ3n) is 4.58. The lowest BCUT2D eigenvalue weighted by atomic mass is 10.1. The van der Waals surface area contributed by atoms with Gasteiger partial charge in [-0.3, -0.25) is 4.79 Å². The average molecular weight is 448 g/mol. The summed E-state index contributed by atoms with van der Waals surface area (Å²) >= 11 is 1.52. The molecule has 0 unspecified atom stereocenters. The lowest BCUT2D eigenvalue weighted by Crippen LogP contribution is -2.19. The summed E-state index contributed by atoms with van der Waals surface area (Å²) in [5.41, 5.74) is 2.76. The lowest BCUT2D eigenvalue weighted by Gasteiger charge is -2.12. The van der Waals surface area contributed by atoms with E-state index in [1.807, 2.05) is 48.7 Å². The zero-order chi connectivity index (χ0) is 22.3. The van der Waals surface area contributed by atoms with E-state index < -0.39 is 0 Å². The van der Waals surface area contributed by atoms with Gasteiger partial charge in [0.1, 0.15) is 0 Å². The number of carbonyl (C=O) groups is 2. The van der Waals surface area contributed by atoms with Crippen molar-refractivity contribution in [3.8, 4) is 10.7 Å². The number of urea groups is 1. The number of aryl methyl sites for hydroxylation is 2. The minimum Gasteiger partial charge on any atom is -0.339 e. The van der Waals surface area contributed by atoms with Gasteiger partial charge in [0.25, 0.3) is 0 Å². The Bertz CT molecular complexity index is 1210. The second-order valence-corrected chi connectivity index (χ2v) is 7.96. The fourth-order valence-electron chi connectivity index (χ4n) is 2.94. The smallest absolute Gasteiger partial charge is 0.323 e. The molecule has 0 bridgehead atoms. The Morgan fingerprint density at radius 3 is 2.56 bits per heavy atom. The minimum absolute atomic E-state index is 0.185. The number of benzene rings is 2. The molecule has 0 aliphatic carbocycles. The van der Waals surface area contributed by atoms with Crippen LogP contribution in [0.4, 0.5) is 21.9 Å². The molecule has 0 fully saturated rings. The molecule has 8 nitrogen and oxygen atoms in total. The molecular weight excluding hydrogens is 426 g/mol. The van der Waals surface area contributed by atoms with Crippen molar-refractivity contribution in [1.82, 2.24) is 10.1 Å². The molecule has 0 aliphatic heterocycles. The number of anilines is 3. The van der Waals surface area contributed by atoms with E-state index in [0.717, 1.165) is 10.4 Å². The van der Waals surface area contributed by atoms with Crippen LogP contribution in [-0.2, 0) is 11.2 Å². The van der Waals surface area contributed by atoms with Crippen LogP contribution < -0.4 is 16.0 Å². The largest absolute Gasteiger partial charge is 0.339 e. The average Bonchev–Trinajstić information content (AvgIpc) is 3.47. The number of hydrogen-bond acceptors (Lipinski definition) is 6. The summed E-state index contributed by atoms with van der Waals surface area (Å²) in [5, 5.41) is 14.3. The standard InChI is InChI=1S/C23H21N5O3S/c1-15-9-10-17(25-23(30)24-16-6-3-2-4-7-16)14-18(15)26-20(29)11-12-21-27-22(28-31-21)19-8-5-13-32-19/h2-10,13-14H,11-12H2,1H3,(H,26,29)(H2,24,25,30). The summed E-state index contributed by atoms with van der Waals surface area (Å²) in [6.07, 6.45) is 0.526. The molecule has 32 heavy (non-hydrogen) atoms. The Kier molecular flexibility index (Phi) is 6.57. The van der Waals surface area contributed by atoms with E-state index in [1.165, 1.54) is 11.3 Å². The second kappa shape index (κ2) is 9.88. The highest BCUT2D eigenvalue weighted by molar-refractivity contribution is 7.13. The number of nitrogens with one attached hydrogen (secondary N) is 3. The molecule has 3 amide bonds. The Hall–Kier alpha value is -3.98. The third kappa shape index (κ3) is 5.58. The van der Waals surface area contributed by atoms with Crippen LogP contribution in [-0.4, -0.2) is 22.1 Å². The van der Waals surface area contributed by atoms with Crippen LogP contribution in [0.5, 0.6) is 0 Å². The van der Waals surface area contributed by atoms with E-state index in [9.17, 15) is 9.59 Å². The molecule has 4 aromatic rings. The first-order chi connectivity index (χ1) is 15.6. The molecule has 0 aliphatic rings. The second-order valence-electron chi connectivity index (χ2n) is 7.01. The van der Waals surface area contributed by atoms with Crippen molar-refractivity contribution in [3.63, 3.8) is 0 Å². The molecule has 0 atom stereocenters. The van der Waals surface area contributed by atoms with Crippen LogP contribution in [0.2, 0.25) is 0 Å². The van der Waals surface area contributed by atoms with Gasteiger partial charge in [0.05, 0.1) is 4.88 Å². The maximum absolute atomic E-state index is 12.4. The predicted octanol–water partition coefficient (Wildman–Crippen LogP) is 5.32. The van der Waals surface area contributed by atoms with Crippen molar-refractivity contribution in [2.24, 2.45) is 0 Å². The third-order valence-corrected chi connectivity index (χ3v) is 5.44. The van der Waals surface area contributed by atoms with Crippen LogP contribution in [0.1, 0.15) is 17.9 Å². The first kappa shape index (κ1) is 21.3. The zero-order valence-corrected chi connectivity index (χ0v) is 18.1. The van der Waals surface area contributed by atoms with Crippen LogP contribution in [0.25, 0.3) is 10.7 Å². The lowest BCUT2D eigenvalue weighted by molar-refractivity contribution is -0.116. The van der Waals surface area contributed by atoms with E-state index >= 15 is 0 Å². The molecule has 2 aromatic heterocycles. The van der Waals surface area contributed by atoms with Crippen molar-refractivity contribution in [3.05, 3.63) is 77.5 Å². The summed E-state index contributed by atoms with van der Waals surface area (Å²) < 4.78 is 5.24. The van der Waals surface area contributed by atoms with Crippen molar-refractivity contribution >= 4 is 40.3 Å². The normalized spacial score (nSPS) is 10.5. The summed E-state index contributed by atoms with van der Waals surface area (Å²) in [6, 6.07) is 17.9. The van der Waals surface area contributed by atoms with E-state index in [1.54, 1.807) is 24.3 Å². The summed E-state index contributed by atoms with van der Waals surface area (Å²) in [5.74, 6) is 0.752. The Morgan fingerprint density at radius 1 is 0.969 bits per heavy atom. The number of amides is 3. The highest BCUT2D eigenvalue weighted by Crippen LogP contribution is 2.23. The molecule has 2 heterocycles. The van der Waals surface area contributed by atoms with Crippen molar-refractivity contribution in [2.45, 2.75) is 19.8 Å². The monoisotopic (exact) mass is 447 g/mol. The molecule has 2 aromatic carbocycles. The number of thiophene rings is 1. The molecule has 4 rings (SSSR count). The first-order valence-corrected chi connectivity index (χ1v) is 10.8. The van der Waals surface area contributed by atoms with Crippen molar-refractivity contribution in [1.29, 1.82) is 0 Å². The number of rotatable bonds is 7. The van der Waals surface area contributed by atoms with Gasteiger partial charge in [0.15, 0.2) is 0 Å². The molecule has 0 spiro atoms. The van der Waals surface area contributed by atoms with Crippen LogP contribution >= 0.6 is 11.3 Å². The summed E-state index contributed by atoms with van der Waals surface area (Å²) in [4.78, 5) is 29.9. The zero-order valence-electron chi connectivity index (χ0n) is 17.3. The number of carbonyl (C=O) groups excluding carboxylic acids is 2. The van der Waals surface area contributed by atoms with Gasteiger partial charge >= 0.3 is 6.03 Å². The SMILES string of the molecule is Cc1ccc(NC(=O)Nc2ccccc2)cc1NC(=O)CCc1nc(-c2cccs2)no1. The Morgan fingerprint density at radius 2 is 1.78 bits per heavy atom. The van der Waals surface area contributed by atoms with Gasteiger partial charge in [0.2, 0.25) is 17.6 Å². The van der Waals surface area contributed by atoms with Crippen LogP contribution in [0.3, 0.4) is 0 Å². The number of aromatic nitrogens is 2. The van der Waals surface area contributed by atoms with E-state index in [4.69, 9.17) is 4.52 Å². The maximum atomic E-state index is 12.4. The summed E-state index contributed by atoms with van der Waals surface area (Å²) in [6.45, 7) is 1.88. The Balaban J connectivity index is 1.32. The molecule has 3 N–H and O–H groups in total. The van der Waals surface area contributed by atoms with E-state index in [0.29, 0.717) is 35.2 Å². The van der Waals surface area contributed by atoms with Gasteiger partial charge in [-0.25, -0.2) is 4.79 Å². The fraction of sp³-hybridized carbons (Fsp3) is 0.130. The van der Waals surface area contributed by atoms with Gasteiger partial charge < -0.3 is 20.5 Å². The highest BCUT2D eigenvalue weighted by Gasteiger charge is 2.13. The predicted molar refractivity (Wildman–Crippen MR) is 125 cm³/mol. The van der Waals surface area contributed by atoms with Crippen LogP contribution in [0, 0.1) is 6.92 Å². The highest BCUT2D eigenvalue weighted by atomic mass is 32.1. The van der Waals surface area contributed by atoms with Gasteiger partial charge in [-0.15, -0.1) is 11.3 Å². The minimum atomic E-state index is -0.365. The molecular formula is C23H21N5O3S. The van der Waals surface area contributed by atoms with Gasteiger partial charge in [-0.1, -0.05) is 35.5 Å². The number of nitrogens with zero attached hydrogens (tertiary/aromatic N) is 2. The topological polar surface area (TPSA) is 109 Å². The quantitative estimate of drug-likeness (QED) is 0.355. The van der Waals surface area contributed by atoms with Gasteiger partial charge in [-0.05, 0) is 48.2 Å². The maximum Gasteiger partial charge on any atom is 0.323 e. The van der Waals surface area contributed by atoms with Crippen LogP contribution in [0.15, 0.2) is 70.6 Å². The van der Waals surface area contributed by atoms with Gasteiger partial charge in [0, 0.05) is 29.9 Å². The number of para-hydroxylation sites is 1. The molecule has 0 saturated carbocycles. The fourth-order valence-corrected chi connectivity index (χ4v) is 3.59. The Labute approximate surface area is 188 Å². The van der Waals surface area contributed by atoms with Gasteiger partial charge in [-0.2, -0.15) is 4.98 Å². The van der Waals surface area contributed by atoms with Crippen molar-refractivity contribution in [2.75, 3.05) is 16.0 Å². The van der Waals surface area contributed by atoms with E-state index in [2.05, 4.69) is 26.1 Å². The van der Waals surface area contributed by atoms with E-state index in [-0.39, 0.29) is 18.4 Å². The number of hydrogen-bond donors (Lipinski definition) is 3. The summed E-state index contributed by atoms with van der Waals surface area (Å²) in [7, 11) is 0. The molecule has 0 saturated heterocycles. The van der Waals surface area contributed by atoms with Crippen molar-refractivity contribution < 1.29 is 14.1 Å². The molecule has 162 valence electrons.